The third kappa shape index (κ3) is 3.44. The van der Waals surface area contributed by atoms with Crippen LogP contribution in [0.5, 0.6) is 0 Å². The number of aryl methyl sites for hydroxylation is 1. The van der Waals surface area contributed by atoms with Crippen LogP contribution in [0.3, 0.4) is 0 Å². The highest BCUT2D eigenvalue weighted by atomic mass is 16.1. The Morgan fingerprint density at radius 2 is 2.05 bits per heavy atom. The van der Waals surface area contributed by atoms with Crippen molar-refractivity contribution in [2.45, 2.75) is 13.5 Å². The van der Waals surface area contributed by atoms with Crippen LogP contribution in [-0.2, 0) is 6.54 Å². The molecule has 0 bridgehead atoms. The number of nitrogens with zero attached hydrogens (tertiary/aromatic N) is 4. The van der Waals surface area contributed by atoms with E-state index in [0.29, 0.717) is 18.1 Å². The predicted molar refractivity (Wildman–Crippen MR) is 69.5 cm³/mol. The van der Waals surface area contributed by atoms with Crippen LogP contribution in [0.1, 0.15) is 21.9 Å². The Balaban J connectivity index is 1.95. The average molecular weight is 258 g/mol. The van der Waals surface area contributed by atoms with Crippen molar-refractivity contribution in [3.05, 3.63) is 41.6 Å². The van der Waals surface area contributed by atoms with Gasteiger partial charge in [-0.15, -0.1) is 10.2 Å². The van der Waals surface area contributed by atoms with E-state index in [0.717, 1.165) is 5.69 Å². The fraction of sp³-hybridized carbons (Fsp3) is 0.250. The molecule has 0 unspecified atom stereocenters. The van der Waals surface area contributed by atoms with E-state index >= 15 is 0 Å². The van der Waals surface area contributed by atoms with E-state index in [9.17, 15) is 4.79 Å². The Morgan fingerprint density at radius 3 is 2.63 bits per heavy atom. The standard InChI is InChI=1S/C12H14N6O/c1-8-5-15-9(6-14-8)7-16-12(19)10-3-4-11(13-2)18-17-10/h3-6H,7H2,1-2H3,(H,13,18)(H,16,19). The summed E-state index contributed by atoms with van der Waals surface area (Å²) in [6.45, 7) is 2.16. The number of aromatic nitrogens is 4. The van der Waals surface area contributed by atoms with Crippen LogP contribution in [0.25, 0.3) is 0 Å². The van der Waals surface area contributed by atoms with Gasteiger partial charge in [-0.1, -0.05) is 0 Å². The zero-order valence-electron chi connectivity index (χ0n) is 10.7. The predicted octanol–water partition coefficient (Wildman–Crippen LogP) is 0.547. The molecule has 2 N–H and O–H groups in total. The van der Waals surface area contributed by atoms with Gasteiger partial charge in [-0.3, -0.25) is 14.8 Å². The molecule has 1 amide bonds. The maximum Gasteiger partial charge on any atom is 0.272 e. The minimum atomic E-state index is -0.294. The summed E-state index contributed by atoms with van der Waals surface area (Å²) < 4.78 is 0. The molecular formula is C12H14N6O. The molecule has 0 atom stereocenters. The Morgan fingerprint density at radius 1 is 1.21 bits per heavy atom. The Kier molecular flexibility index (Phi) is 3.97. The summed E-state index contributed by atoms with van der Waals surface area (Å²) in [7, 11) is 1.74. The zero-order chi connectivity index (χ0) is 13.7. The molecule has 0 aliphatic rings. The summed E-state index contributed by atoms with van der Waals surface area (Å²) in [4.78, 5) is 20.1. The van der Waals surface area contributed by atoms with Gasteiger partial charge in [0.15, 0.2) is 5.69 Å². The van der Waals surface area contributed by atoms with Gasteiger partial charge in [-0.25, -0.2) is 0 Å². The smallest absolute Gasteiger partial charge is 0.272 e. The first-order chi connectivity index (χ1) is 9.19. The number of amides is 1. The number of hydrogen-bond donors (Lipinski definition) is 2. The molecule has 2 rings (SSSR count). The van der Waals surface area contributed by atoms with Gasteiger partial charge in [0.2, 0.25) is 0 Å². The molecule has 0 aliphatic carbocycles. The van der Waals surface area contributed by atoms with E-state index in [4.69, 9.17) is 0 Å². The topological polar surface area (TPSA) is 92.7 Å². The molecule has 19 heavy (non-hydrogen) atoms. The number of carbonyl (C=O) groups is 1. The van der Waals surface area contributed by atoms with Gasteiger partial charge < -0.3 is 10.6 Å². The van der Waals surface area contributed by atoms with Crippen LogP contribution in [0.2, 0.25) is 0 Å². The second-order valence-electron chi connectivity index (χ2n) is 3.89. The maximum absolute atomic E-state index is 11.8. The van der Waals surface area contributed by atoms with Crippen LogP contribution in [0.4, 0.5) is 5.82 Å². The van der Waals surface area contributed by atoms with Crippen molar-refractivity contribution in [2.24, 2.45) is 0 Å². The molecule has 98 valence electrons. The molecule has 2 aromatic rings. The minimum absolute atomic E-state index is 0.263. The second-order valence-corrected chi connectivity index (χ2v) is 3.89. The van der Waals surface area contributed by atoms with Crippen molar-refractivity contribution in [3.8, 4) is 0 Å². The zero-order valence-corrected chi connectivity index (χ0v) is 10.7. The SMILES string of the molecule is CNc1ccc(C(=O)NCc2cnc(C)cn2)nn1. The average Bonchev–Trinajstić information content (AvgIpc) is 2.46. The lowest BCUT2D eigenvalue weighted by molar-refractivity contribution is 0.0944. The normalized spacial score (nSPS) is 10.0. The van der Waals surface area contributed by atoms with Crippen molar-refractivity contribution < 1.29 is 4.79 Å². The highest BCUT2D eigenvalue weighted by Crippen LogP contribution is 2.01. The lowest BCUT2D eigenvalue weighted by atomic mass is 10.3. The fourth-order valence-electron chi connectivity index (χ4n) is 1.36. The molecule has 0 aliphatic heterocycles. The van der Waals surface area contributed by atoms with Gasteiger partial charge in [0.1, 0.15) is 5.82 Å². The summed E-state index contributed by atoms with van der Waals surface area (Å²) in [6, 6.07) is 3.29. The van der Waals surface area contributed by atoms with Gasteiger partial charge in [0.25, 0.3) is 5.91 Å². The first-order valence-electron chi connectivity index (χ1n) is 5.76. The molecule has 2 aromatic heterocycles. The number of hydrogen-bond acceptors (Lipinski definition) is 6. The van der Waals surface area contributed by atoms with Crippen LogP contribution in [0, 0.1) is 6.92 Å². The van der Waals surface area contributed by atoms with Crippen LogP contribution >= 0.6 is 0 Å². The molecule has 0 aromatic carbocycles. The molecule has 0 fully saturated rings. The second kappa shape index (κ2) is 5.85. The first kappa shape index (κ1) is 12.9. The molecule has 0 saturated heterocycles. The van der Waals surface area contributed by atoms with Crippen molar-refractivity contribution in [1.82, 2.24) is 25.5 Å². The summed E-state index contributed by atoms with van der Waals surface area (Å²) in [6.07, 6.45) is 3.29. The quantitative estimate of drug-likeness (QED) is 0.831. The fourth-order valence-corrected chi connectivity index (χ4v) is 1.36. The monoisotopic (exact) mass is 258 g/mol. The van der Waals surface area contributed by atoms with Gasteiger partial charge in [0.05, 0.1) is 24.1 Å². The van der Waals surface area contributed by atoms with Crippen LogP contribution < -0.4 is 10.6 Å². The molecular weight excluding hydrogens is 244 g/mol. The third-order valence-electron chi connectivity index (χ3n) is 2.42. The molecule has 0 radical (unpaired) electrons. The summed E-state index contributed by atoms with van der Waals surface area (Å²) in [5, 5.41) is 13.2. The first-order valence-corrected chi connectivity index (χ1v) is 5.76. The lowest BCUT2D eigenvalue weighted by Gasteiger charge is -2.04. The molecule has 7 heteroatoms. The Hall–Kier alpha value is -2.57. The Bertz CT molecular complexity index is 551. The summed E-state index contributed by atoms with van der Waals surface area (Å²) in [5.74, 6) is 0.318. The van der Waals surface area contributed by atoms with Crippen molar-refractivity contribution in [1.29, 1.82) is 0 Å². The van der Waals surface area contributed by atoms with Gasteiger partial charge in [-0.05, 0) is 19.1 Å². The Labute approximate surface area is 110 Å². The van der Waals surface area contributed by atoms with E-state index in [2.05, 4.69) is 30.8 Å². The molecule has 0 spiro atoms. The molecule has 0 saturated carbocycles. The number of anilines is 1. The van der Waals surface area contributed by atoms with Gasteiger partial charge >= 0.3 is 0 Å². The maximum atomic E-state index is 11.8. The molecule has 7 nitrogen and oxygen atoms in total. The van der Waals surface area contributed by atoms with Crippen molar-refractivity contribution >= 4 is 11.7 Å². The van der Waals surface area contributed by atoms with Gasteiger partial charge in [-0.2, -0.15) is 0 Å². The van der Waals surface area contributed by atoms with E-state index < -0.39 is 0 Å². The van der Waals surface area contributed by atoms with E-state index in [1.807, 2.05) is 6.92 Å². The van der Waals surface area contributed by atoms with Gasteiger partial charge in [0, 0.05) is 13.2 Å². The number of rotatable bonds is 4. The summed E-state index contributed by atoms with van der Waals surface area (Å²) >= 11 is 0. The highest BCUT2D eigenvalue weighted by Gasteiger charge is 2.08. The molecule has 2 heterocycles. The largest absolute Gasteiger partial charge is 0.372 e. The summed E-state index contributed by atoms with van der Waals surface area (Å²) in [5.41, 5.74) is 1.79. The number of nitrogens with one attached hydrogen (secondary N) is 2. The van der Waals surface area contributed by atoms with Crippen molar-refractivity contribution in [2.75, 3.05) is 12.4 Å². The lowest BCUT2D eigenvalue weighted by Crippen LogP contribution is -2.24. The van der Waals surface area contributed by atoms with E-state index in [-0.39, 0.29) is 11.6 Å². The third-order valence-corrected chi connectivity index (χ3v) is 2.42. The van der Waals surface area contributed by atoms with E-state index in [1.54, 1.807) is 31.6 Å². The van der Waals surface area contributed by atoms with Crippen LogP contribution in [0.15, 0.2) is 24.5 Å². The number of carbonyl (C=O) groups excluding carboxylic acids is 1. The minimum Gasteiger partial charge on any atom is -0.372 e. The van der Waals surface area contributed by atoms with E-state index in [1.165, 1.54) is 0 Å². The van der Waals surface area contributed by atoms with Crippen molar-refractivity contribution in [3.63, 3.8) is 0 Å². The highest BCUT2D eigenvalue weighted by molar-refractivity contribution is 5.92. The van der Waals surface area contributed by atoms with Crippen LogP contribution in [-0.4, -0.2) is 33.1 Å².